The molecule has 2 aromatic rings. The van der Waals surface area contributed by atoms with Gasteiger partial charge in [0.15, 0.2) is 0 Å². The van der Waals surface area contributed by atoms with E-state index in [1.54, 1.807) is 0 Å². The van der Waals surface area contributed by atoms with E-state index in [1.165, 1.54) is 21.3 Å². The van der Waals surface area contributed by atoms with Gasteiger partial charge in [-0.15, -0.1) is 0 Å². The highest BCUT2D eigenvalue weighted by atomic mass is 79.9. The molecule has 0 aliphatic carbocycles. The van der Waals surface area contributed by atoms with Gasteiger partial charge in [-0.2, -0.15) is 0 Å². The molecule has 1 atom stereocenters. The first-order valence-electron chi connectivity index (χ1n) is 7.04. The highest BCUT2D eigenvalue weighted by Crippen LogP contribution is 2.29. The normalized spacial score (nSPS) is 19.1. The summed E-state index contributed by atoms with van der Waals surface area (Å²) in [4.78, 5) is 2.48. The van der Waals surface area contributed by atoms with Crippen molar-refractivity contribution in [1.29, 1.82) is 0 Å². The van der Waals surface area contributed by atoms with E-state index >= 15 is 0 Å². The fourth-order valence-corrected chi connectivity index (χ4v) is 3.17. The van der Waals surface area contributed by atoms with Crippen LogP contribution in [-0.2, 0) is 0 Å². The SMILES string of the molecule is Cc1c(Br)cccc1N1CCNC(c2ccccc2)C1. The molecule has 1 aliphatic heterocycles. The maximum atomic E-state index is 3.63. The third-order valence-electron chi connectivity index (χ3n) is 3.96. The number of piperazine rings is 1. The van der Waals surface area contributed by atoms with Gasteiger partial charge in [-0.3, -0.25) is 0 Å². The lowest BCUT2D eigenvalue weighted by Gasteiger charge is -2.36. The second-order valence-electron chi connectivity index (χ2n) is 5.25. The van der Waals surface area contributed by atoms with E-state index in [0.717, 1.165) is 19.6 Å². The topological polar surface area (TPSA) is 15.3 Å². The molecule has 1 saturated heterocycles. The van der Waals surface area contributed by atoms with Gasteiger partial charge >= 0.3 is 0 Å². The summed E-state index contributed by atoms with van der Waals surface area (Å²) in [6, 6.07) is 17.5. The van der Waals surface area contributed by atoms with Crippen LogP contribution < -0.4 is 10.2 Å². The van der Waals surface area contributed by atoms with Gasteiger partial charge in [-0.05, 0) is 30.2 Å². The molecule has 0 aromatic heterocycles. The number of halogens is 1. The van der Waals surface area contributed by atoms with Gasteiger partial charge < -0.3 is 10.2 Å². The molecule has 20 heavy (non-hydrogen) atoms. The highest BCUT2D eigenvalue weighted by Gasteiger charge is 2.21. The number of nitrogens with zero attached hydrogens (tertiary/aromatic N) is 1. The number of nitrogens with one attached hydrogen (secondary N) is 1. The van der Waals surface area contributed by atoms with Gasteiger partial charge in [0.2, 0.25) is 0 Å². The Balaban J connectivity index is 1.83. The van der Waals surface area contributed by atoms with E-state index < -0.39 is 0 Å². The molecular formula is C17H19BrN2. The molecule has 1 unspecified atom stereocenters. The number of rotatable bonds is 2. The Kier molecular flexibility index (Phi) is 4.08. The minimum atomic E-state index is 0.406. The third kappa shape index (κ3) is 2.74. The van der Waals surface area contributed by atoms with Crippen LogP contribution in [0.4, 0.5) is 5.69 Å². The summed E-state index contributed by atoms with van der Waals surface area (Å²) in [5.74, 6) is 0. The van der Waals surface area contributed by atoms with Crippen molar-refractivity contribution in [1.82, 2.24) is 5.32 Å². The Morgan fingerprint density at radius 3 is 2.70 bits per heavy atom. The fraction of sp³-hybridized carbons (Fsp3) is 0.294. The molecule has 0 spiro atoms. The maximum absolute atomic E-state index is 3.63. The smallest absolute Gasteiger partial charge is 0.0498 e. The van der Waals surface area contributed by atoms with Crippen molar-refractivity contribution in [3.05, 3.63) is 64.1 Å². The monoisotopic (exact) mass is 330 g/mol. The molecule has 2 nitrogen and oxygen atoms in total. The van der Waals surface area contributed by atoms with Crippen LogP contribution in [0.25, 0.3) is 0 Å². The van der Waals surface area contributed by atoms with Crippen molar-refractivity contribution in [2.24, 2.45) is 0 Å². The molecule has 1 fully saturated rings. The second-order valence-corrected chi connectivity index (χ2v) is 6.10. The zero-order valence-electron chi connectivity index (χ0n) is 11.6. The van der Waals surface area contributed by atoms with Crippen molar-refractivity contribution >= 4 is 21.6 Å². The molecule has 0 amide bonds. The van der Waals surface area contributed by atoms with Crippen LogP contribution in [0.15, 0.2) is 53.0 Å². The van der Waals surface area contributed by atoms with Crippen LogP contribution in [0, 0.1) is 6.92 Å². The molecule has 2 aromatic carbocycles. The average molecular weight is 331 g/mol. The van der Waals surface area contributed by atoms with E-state index in [-0.39, 0.29) is 0 Å². The van der Waals surface area contributed by atoms with Crippen molar-refractivity contribution < 1.29 is 0 Å². The van der Waals surface area contributed by atoms with E-state index in [2.05, 4.69) is 81.6 Å². The zero-order chi connectivity index (χ0) is 13.9. The molecule has 1 N–H and O–H groups in total. The van der Waals surface area contributed by atoms with Crippen LogP contribution in [0.2, 0.25) is 0 Å². The standard InChI is InChI=1S/C17H19BrN2/c1-13-15(18)8-5-9-17(13)20-11-10-19-16(12-20)14-6-3-2-4-7-14/h2-9,16,19H,10-12H2,1H3. The van der Waals surface area contributed by atoms with Gasteiger partial charge in [-0.1, -0.05) is 52.3 Å². The Labute approximate surface area is 128 Å². The molecule has 3 heteroatoms. The molecule has 3 rings (SSSR count). The fourth-order valence-electron chi connectivity index (χ4n) is 2.82. The van der Waals surface area contributed by atoms with E-state index in [0.29, 0.717) is 6.04 Å². The summed E-state index contributed by atoms with van der Waals surface area (Å²) >= 11 is 3.63. The first kappa shape index (κ1) is 13.7. The molecule has 1 heterocycles. The number of hydrogen-bond donors (Lipinski definition) is 1. The Morgan fingerprint density at radius 2 is 1.90 bits per heavy atom. The Hall–Kier alpha value is -1.32. The molecule has 0 radical (unpaired) electrons. The van der Waals surface area contributed by atoms with Gasteiger partial charge in [0.05, 0.1) is 0 Å². The van der Waals surface area contributed by atoms with Gasteiger partial charge in [0, 0.05) is 35.8 Å². The van der Waals surface area contributed by atoms with Crippen LogP contribution in [0.3, 0.4) is 0 Å². The van der Waals surface area contributed by atoms with E-state index in [1.807, 2.05) is 0 Å². The van der Waals surface area contributed by atoms with Crippen LogP contribution in [0.1, 0.15) is 17.2 Å². The van der Waals surface area contributed by atoms with Gasteiger partial charge in [-0.25, -0.2) is 0 Å². The van der Waals surface area contributed by atoms with Gasteiger partial charge in [0.1, 0.15) is 0 Å². The summed E-state index contributed by atoms with van der Waals surface area (Å²) in [6.45, 7) is 5.27. The van der Waals surface area contributed by atoms with Crippen molar-refractivity contribution in [3.63, 3.8) is 0 Å². The minimum Gasteiger partial charge on any atom is -0.368 e. The first-order valence-corrected chi connectivity index (χ1v) is 7.83. The summed E-state index contributed by atoms with van der Waals surface area (Å²) in [5.41, 5.74) is 4.02. The summed E-state index contributed by atoms with van der Waals surface area (Å²) in [5, 5.41) is 3.62. The second kappa shape index (κ2) is 5.98. The van der Waals surface area contributed by atoms with Crippen molar-refractivity contribution in [2.45, 2.75) is 13.0 Å². The van der Waals surface area contributed by atoms with Crippen LogP contribution in [0.5, 0.6) is 0 Å². The Bertz CT molecular complexity index is 583. The number of hydrogen-bond acceptors (Lipinski definition) is 2. The lowest BCUT2D eigenvalue weighted by atomic mass is 10.0. The third-order valence-corrected chi connectivity index (χ3v) is 4.82. The molecule has 104 valence electrons. The summed E-state index contributed by atoms with van der Waals surface area (Å²) in [6.07, 6.45) is 0. The van der Waals surface area contributed by atoms with Gasteiger partial charge in [0.25, 0.3) is 0 Å². The lowest BCUT2D eigenvalue weighted by Crippen LogP contribution is -2.46. The quantitative estimate of drug-likeness (QED) is 0.898. The predicted molar refractivity (Wildman–Crippen MR) is 88.3 cm³/mol. The largest absolute Gasteiger partial charge is 0.368 e. The summed E-state index contributed by atoms with van der Waals surface area (Å²) in [7, 11) is 0. The molecular weight excluding hydrogens is 312 g/mol. The highest BCUT2D eigenvalue weighted by molar-refractivity contribution is 9.10. The maximum Gasteiger partial charge on any atom is 0.0498 e. The number of anilines is 1. The number of benzene rings is 2. The molecule has 0 bridgehead atoms. The van der Waals surface area contributed by atoms with Crippen LogP contribution >= 0.6 is 15.9 Å². The van der Waals surface area contributed by atoms with Crippen LogP contribution in [-0.4, -0.2) is 19.6 Å². The van der Waals surface area contributed by atoms with E-state index in [4.69, 9.17) is 0 Å². The van der Waals surface area contributed by atoms with Crippen molar-refractivity contribution in [2.75, 3.05) is 24.5 Å². The molecule has 1 aliphatic rings. The Morgan fingerprint density at radius 1 is 1.10 bits per heavy atom. The average Bonchev–Trinajstić information content (AvgIpc) is 2.51. The predicted octanol–water partition coefficient (Wildman–Crippen LogP) is 3.91. The summed E-state index contributed by atoms with van der Waals surface area (Å²) < 4.78 is 1.18. The lowest BCUT2D eigenvalue weighted by molar-refractivity contribution is 0.471. The van der Waals surface area contributed by atoms with E-state index in [9.17, 15) is 0 Å². The van der Waals surface area contributed by atoms with Crippen molar-refractivity contribution in [3.8, 4) is 0 Å². The molecule has 0 saturated carbocycles. The minimum absolute atomic E-state index is 0.406. The zero-order valence-corrected chi connectivity index (χ0v) is 13.2. The first-order chi connectivity index (χ1) is 9.75.